The third-order valence-electron chi connectivity index (χ3n) is 14.5. The summed E-state index contributed by atoms with van der Waals surface area (Å²) in [6.07, 6.45) is 3.58. The molecule has 1 saturated carbocycles. The Hall–Kier alpha value is -6.01. The lowest BCUT2D eigenvalue weighted by Crippen LogP contribution is -2.46. The van der Waals surface area contributed by atoms with Crippen LogP contribution in [0, 0.1) is 42.4 Å². The maximum absolute atomic E-state index is 14.9. The molecule has 17 heteroatoms. The van der Waals surface area contributed by atoms with Crippen LogP contribution in [0.4, 0.5) is 11.4 Å². The van der Waals surface area contributed by atoms with Gasteiger partial charge in [-0.1, -0.05) is 45.9 Å². The van der Waals surface area contributed by atoms with Crippen LogP contribution in [0.15, 0.2) is 62.3 Å². The van der Waals surface area contributed by atoms with E-state index in [1.165, 1.54) is 59.3 Å². The second-order valence-corrected chi connectivity index (χ2v) is 19.2. The highest BCUT2D eigenvalue weighted by molar-refractivity contribution is 6.16. The lowest BCUT2D eigenvalue weighted by Gasteiger charge is -2.38. The molecule has 2 fully saturated rings. The number of fused-ring (bicyclic) bond motifs is 3. The Morgan fingerprint density at radius 3 is 2.28 bits per heavy atom. The number of esters is 1. The summed E-state index contributed by atoms with van der Waals surface area (Å²) in [5.74, 6) is -6.00. The Labute approximate surface area is 386 Å². The number of nitrogens with one attached hydrogen (secondary N) is 1. The first-order valence-corrected chi connectivity index (χ1v) is 22.6. The van der Waals surface area contributed by atoms with E-state index in [2.05, 4.69) is 29.2 Å². The molecule has 12 atom stereocenters. The topological polar surface area (TPSA) is 231 Å². The molecule has 4 aliphatic rings. The number of nitrogens with zero attached hydrogens (tertiary/aromatic N) is 3. The van der Waals surface area contributed by atoms with Crippen LogP contribution in [0.3, 0.4) is 0 Å². The Bertz CT molecular complexity index is 2950. The number of phenols is 1. The molecule has 4 aromatic rings. The van der Waals surface area contributed by atoms with E-state index >= 15 is 0 Å². The fourth-order valence-corrected chi connectivity index (χ4v) is 10.5. The first-order valence-electron chi connectivity index (χ1n) is 22.6. The zero-order valence-electron chi connectivity index (χ0n) is 39.6. The molecular weight excluding hydrogens is 865 g/mol. The highest BCUT2D eigenvalue weighted by Crippen LogP contribution is 2.49. The molecule has 3 aliphatic heterocycles. The summed E-state index contributed by atoms with van der Waals surface area (Å²) in [6, 6.07) is 3.65. The fourth-order valence-electron chi connectivity index (χ4n) is 10.5. The van der Waals surface area contributed by atoms with Crippen molar-refractivity contribution in [1.29, 1.82) is 0 Å². The van der Waals surface area contributed by atoms with E-state index in [9.17, 15) is 39.6 Å². The number of anilines is 2. The van der Waals surface area contributed by atoms with Crippen molar-refractivity contribution in [2.24, 2.45) is 35.5 Å². The SMILES string of the molecule is CO[C@H]1/C=C/O[C@@]2(C)Oc3c(C)c(O)c4c(=O)c(c5oc6cc(N7C[C@@H]8C(N(C)C)[C@@H]8C7)cc(=O)c6nc5c4c3=C2O)NC(=O)/C(C)=C\C=C\[C@H](C)[C@H](O)[C@@H](C)[C@@H](O)[C@@H](C)[C@H](OC(C)=O)[C@@H]1C. The number of phenolic OH excluding ortho intramolecular Hbond substituents is 1. The zero-order chi connectivity index (χ0) is 48.7. The number of ether oxygens (including phenoxy) is 4. The minimum Gasteiger partial charge on any atom is -0.507 e. The number of piperidine rings is 1. The van der Waals surface area contributed by atoms with Gasteiger partial charge in [0.25, 0.3) is 5.91 Å². The zero-order valence-corrected chi connectivity index (χ0v) is 39.6. The smallest absolute Gasteiger partial charge is 0.307 e. The van der Waals surface area contributed by atoms with Crippen LogP contribution >= 0.6 is 0 Å². The molecule has 67 heavy (non-hydrogen) atoms. The molecule has 5 N–H and O–H groups in total. The van der Waals surface area contributed by atoms with E-state index < -0.39 is 88.1 Å². The van der Waals surface area contributed by atoms with E-state index in [4.69, 9.17) is 28.3 Å². The van der Waals surface area contributed by atoms with Crippen molar-refractivity contribution in [2.75, 3.05) is 44.5 Å². The molecule has 1 unspecified atom stereocenters. The van der Waals surface area contributed by atoms with E-state index in [0.29, 0.717) is 23.6 Å². The maximum Gasteiger partial charge on any atom is 0.307 e. The van der Waals surface area contributed by atoms with Crippen LogP contribution in [-0.4, -0.2) is 113 Å². The molecule has 4 heterocycles. The predicted octanol–water partition coefficient (Wildman–Crippen LogP) is 4.56. The Balaban J connectivity index is 1.34. The standard InChI is InChI=1S/C50H60N4O13/c1-21-13-12-14-22(2)49(62)52-39-44(60)35-34(38-47(39)66-33-18-28(17-31(56)37(33)51-38)54-19-29-30(20-54)40(29)53(9)10)36-46(26(6)43(35)59)67-50(8,48(36)61)64-16-15-32(63-11)23(3)45(65-27(7)55)25(5)42(58)24(4)41(21)57/h12-18,21,23-25,29-30,32,40-42,45,57-59,61H,19-20H2,1-11H3,(H,52,62)/b13-12+,16-15+,22-14-/t21-,23+,24+,25+,29-,30+,32-,40?,41-,42+,45+,50-/m0/s1. The van der Waals surface area contributed by atoms with Crippen molar-refractivity contribution in [3.05, 3.63) is 79.5 Å². The molecule has 4 bridgehead atoms. The Kier molecular flexibility index (Phi) is 12.5. The lowest BCUT2D eigenvalue weighted by molar-refractivity contribution is -0.160. The number of aliphatic hydroxyl groups excluding tert-OH is 3. The number of carbonyl (C=O) groups is 2. The number of aliphatic hydroxyl groups is 3. The van der Waals surface area contributed by atoms with Crippen molar-refractivity contribution in [1.82, 2.24) is 9.88 Å². The maximum atomic E-state index is 14.9. The van der Waals surface area contributed by atoms with Crippen molar-refractivity contribution < 1.29 is 53.4 Å². The highest BCUT2D eigenvalue weighted by Gasteiger charge is 2.57. The number of rotatable bonds is 4. The van der Waals surface area contributed by atoms with Crippen LogP contribution in [0.25, 0.3) is 38.7 Å². The largest absolute Gasteiger partial charge is 0.507 e. The van der Waals surface area contributed by atoms with Crippen molar-refractivity contribution in [3.63, 3.8) is 0 Å². The predicted molar refractivity (Wildman–Crippen MR) is 252 cm³/mol. The van der Waals surface area contributed by atoms with E-state index in [0.717, 1.165) is 13.1 Å². The summed E-state index contributed by atoms with van der Waals surface area (Å²) in [7, 11) is 5.56. The molecule has 1 aromatic heterocycles. The lowest BCUT2D eigenvalue weighted by atomic mass is 9.78. The summed E-state index contributed by atoms with van der Waals surface area (Å²) in [6.45, 7) is 14.1. The quantitative estimate of drug-likeness (QED) is 0.107. The van der Waals surface area contributed by atoms with Gasteiger partial charge in [0.05, 0.1) is 35.2 Å². The molecule has 358 valence electrons. The molecule has 17 nitrogen and oxygen atoms in total. The second-order valence-electron chi connectivity index (χ2n) is 19.2. The molecule has 8 rings (SSSR count). The van der Waals surface area contributed by atoms with E-state index in [1.54, 1.807) is 45.9 Å². The summed E-state index contributed by atoms with van der Waals surface area (Å²) >= 11 is 0. The van der Waals surface area contributed by atoms with Gasteiger partial charge in [-0.15, -0.1) is 0 Å². The summed E-state index contributed by atoms with van der Waals surface area (Å²) < 4.78 is 30.5. The van der Waals surface area contributed by atoms with Gasteiger partial charge >= 0.3 is 11.8 Å². The van der Waals surface area contributed by atoms with Gasteiger partial charge in [0, 0.05) is 98.1 Å². The highest BCUT2D eigenvalue weighted by atomic mass is 16.7. The second kappa shape index (κ2) is 17.6. The third kappa shape index (κ3) is 8.08. The molecule has 0 spiro atoms. The number of hydrogen-bond donors (Lipinski definition) is 5. The third-order valence-corrected chi connectivity index (χ3v) is 14.5. The number of amides is 1. The number of carbonyl (C=O) groups excluding carboxylic acids is 2. The monoisotopic (exact) mass is 924 g/mol. The number of aromatic hydroxyl groups is 1. The minimum atomic E-state index is -1.98. The molecule has 1 amide bonds. The molecule has 0 radical (unpaired) electrons. The first kappa shape index (κ1) is 47.5. The van der Waals surface area contributed by atoms with Gasteiger partial charge in [-0.2, -0.15) is 0 Å². The molecule has 1 saturated heterocycles. The normalized spacial score (nSPS) is 33.1. The molecule has 3 aromatic carbocycles. The average Bonchev–Trinajstić information content (AvgIpc) is 3.67. The van der Waals surface area contributed by atoms with E-state index in [1.807, 2.05) is 0 Å². The number of methoxy groups -OCH3 is 1. The Morgan fingerprint density at radius 2 is 1.64 bits per heavy atom. The van der Waals surface area contributed by atoms with Crippen molar-refractivity contribution in [2.45, 2.75) is 91.6 Å². The Morgan fingerprint density at radius 1 is 0.955 bits per heavy atom. The summed E-state index contributed by atoms with van der Waals surface area (Å²) in [5.41, 5.74) is -1.28. The van der Waals surface area contributed by atoms with Crippen LogP contribution in [0.1, 0.15) is 54.0 Å². The van der Waals surface area contributed by atoms with Crippen molar-refractivity contribution in [3.8, 4) is 11.5 Å². The van der Waals surface area contributed by atoms with Gasteiger partial charge in [-0.25, -0.2) is 4.98 Å². The molecular formula is C50H60N4O13. The van der Waals surface area contributed by atoms with Gasteiger partial charge < -0.3 is 58.9 Å². The van der Waals surface area contributed by atoms with Crippen LogP contribution in [0.2, 0.25) is 0 Å². The summed E-state index contributed by atoms with van der Waals surface area (Å²) in [4.78, 5) is 64.5. The number of allylic oxidation sites excluding steroid dienone is 2. The van der Waals surface area contributed by atoms with Crippen LogP contribution < -0.4 is 31.0 Å². The van der Waals surface area contributed by atoms with Crippen LogP contribution in [0.5, 0.6) is 11.5 Å². The fraction of sp³-hybridized carbons (Fsp3) is 0.500. The van der Waals surface area contributed by atoms with Gasteiger partial charge in [-0.05, 0) is 45.9 Å². The number of benzene rings is 3. The minimum absolute atomic E-state index is 0.0462. The van der Waals surface area contributed by atoms with Crippen molar-refractivity contribution >= 4 is 62.0 Å². The van der Waals surface area contributed by atoms with E-state index in [-0.39, 0.29) is 60.8 Å². The van der Waals surface area contributed by atoms with Gasteiger partial charge in [0.1, 0.15) is 28.8 Å². The van der Waals surface area contributed by atoms with Crippen LogP contribution in [-0.2, 0) is 23.8 Å². The molecule has 1 aliphatic carbocycles. The number of hydrogen-bond acceptors (Lipinski definition) is 16. The summed E-state index contributed by atoms with van der Waals surface area (Å²) in [5, 5.41) is 49.3. The van der Waals surface area contributed by atoms with Gasteiger partial charge in [0.2, 0.25) is 10.9 Å². The first-order chi connectivity index (χ1) is 31.6. The average molecular weight is 925 g/mol. The number of aromatic nitrogens is 1. The van der Waals surface area contributed by atoms with Gasteiger partial charge in [-0.3, -0.25) is 19.2 Å². The van der Waals surface area contributed by atoms with Gasteiger partial charge in [0.15, 0.2) is 22.4 Å².